The van der Waals surface area contributed by atoms with Gasteiger partial charge in [-0.05, 0) is 56.0 Å². The van der Waals surface area contributed by atoms with E-state index in [-0.39, 0.29) is 17.9 Å². The molecule has 0 spiro atoms. The average Bonchev–Trinajstić information content (AvgIpc) is 2.65. The third-order valence-corrected chi connectivity index (χ3v) is 5.01. The molecule has 142 valence electrons. The van der Waals surface area contributed by atoms with E-state index in [0.29, 0.717) is 40.0 Å². The first kappa shape index (κ1) is 19.5. The Hall–Kier alpha value is -2.31. The molecule has 6 nitrogen and oxygen atoms in total. The molecular weight excluding hydrogens is 389 g/mol. The number of carbonyl (C=O) groups is 2. The fourth-order valence-electron chi connectivity index (χ4n) is 3.05. The maximum absolute atomic E-state index is 12.5. The number of carbonyl (C=O) groups excluding carboxylic acids is 2. The maximum atomic E-state index is 12.5. The van der Waals surface area contributed by atoms with E-state index >= 15 is 0 Å². The lowest BCUT2D eigenvalue weighted by molar-refractivity contribution is -0.121. The summed E-state index contributed by atoms with van der Waals surface area (Å²) in [4.78, 5) is 27.6. The van der Waals surface area contributed by atoms with E-state index in [2.05, 4.69) is 10.3 Å². The quantitative estimate of drug-likeness (QED) is 0.780. The fraction of sp³-hybridized carbons (Fsp3) is 0.316. The highest BCUT2D eigenvalue weighted by molar-refractivity contribution is 6.35. The second kappa shape index (κ2) is 8.59. The number of nitrogens with zero attached hydrogens (tertiary/aromatic N) is 1. The number of amides is 2. The predicted molar refractivity (Wildman–Crippen MR) is 104 cm³/mol. The Labute approximate surface area is 167 Å². The smallest absolute Gasteiger partial charge is 0.248 e. The molecule has 8 heteroatoms. The summed E-state index contributed by atoms with van der Waals surface area (Å²) in [6, 6.07) is 8.10. The molecule has 1 aromatic heterocycles. The molecule has 1 fully saturated rings. The van der Waals surface area contributed by atoms with Crippen LogP contribution in [-0.4, -0.2) is 22.9 Å². The minimum atomic E-state index is -0.499. The molecule has 3 rings (SSSR count). The van der Waals surface area contributed by atoms with Crippen molar-refractivity contribution in [3.63, 3.8) is 0 Å². The van der Waals surface area contributed by atoms with Crippen molar-refractivity contribution in [3.8, 4) is 5.88 Å². The van der Waals surface area contributed by atoms with Gasteiger partial charge >= 0.3 is 0 Å². The van der Waals surface area contributed by atoms with Crippen molar-refractivity contribution in [3.05, 3.63) is 52.1 Å². The number of anilines is 1. The van der Waals surface area contributed by atoms with E-state index in [1.807, 2.05) is 0 Å². The molecule has 1 aromatic carbocycles. The van der Waals surface area contributed by atoms with E-state index in [1.54, 1.807) is 30.3 Å². The zero-order chi connectivity index (χ0) is 19.4. The summed E-state index contributed by atoms with van der Waals surface area (Å²) in [6.45, 7) is 0. The van der Waals surface area contributed by atoms with Crippen molar-refractivity contribution in [2.75, 3.05) is 5.32 Å². The molecule has 1 saturated carbocycles. The predicted octanol–water partition coefficient (Wildman–Crippen LogP) is 4.06. The van der Waals surface area contributed by atoms with E-state index < -0.39 is 5.91 Å². The SMILES string of the molecule is NC(=O)c1ccc(NC(=O)C2CCC(Oc3ncc(Cl)cc3Cl)CC2)cc1. The van der Waals surface area contributed by atoms with Crippen LogP contribution in [0, 0.1) is 5.92 Å². The van der Waals surface area contributed by atoms with Crippen LogP contribution >= 0.6 is 23.2 Å². The lowest BCUT2D eigenvalue weighted by Gasteiger charge is -2.28. The van der Waals surface area contributed by atoms with E-state index in [4.69, 9.17) is 33.7 Å². The van der Waals surface area contributed by atoms with Crippen LogP contribution in [0.5, 0.6) is 5.88 Å². The van der Waals surface area contributed by atoms with Gasteiger partial charge in [-0.2, -0.15) is 0 Å². The van der Waals surface area contributed by atoms with Gasteiger partial charge < -0.3 is 15.8 Å². The summed E-state index contributed by atoms with van der Waals surface area (Å²) in [5.41, 5.74) is 6.25. The molecular formula is C19H19Cl2N3O3. The van der Waals surface area contributed by atoms with Crippen LogP contribution in [0.15, 0.2) is 36.5 Å². The molecule has 0 saturated heterocycles. The zero-order valence-corrected chi connectivity index (χ0v) is 16.0. The number of primary amides is 1. The number of pyridine rings is 1. The van der Waals surface area contributed by atoms with Crippen molar-refractivity contribution >= 4 is 40.7 Å². The van der Waals surface area contributed by atoms with Crippen LogP contribution in [0.3, 0.4) is 0 Å². The second-order valence-corrected chi connectivity index (χ2v) is 7.31. The van der Waals surface area contributed by atoms with Gasteiger partial charge in [0.15, 0.2) is 0 Å². The van der Waals surface area contributed by atoms with Crippen molar-refractivity contribution in [2.45, 2.75) is 31.8 Å². The van der Waals surface area contributed by atoms with Gasteiger partial charge in [0, 0.05) is 23.4 Å². The second-order valence-electron chi connectivity index (χ2n) is 6.46. The Balaban J connectivity index is 1.50. The van der Waals surface area contributed by atoms with E-state index in [0.717, 1.165) is 12.8 Å². The fourth-order valence-corrected chi connectivity index (χ4v) is 3.48. The number of ether oxygens (including phenoxy) is 1. The zero-order valence-electron chi connectivity index (χ0n) is 14.5. The number of rotatable bonds is 5. The van der Waals surface area contributed by atoms with Crippen LogP contribution in [0.4, 0.5) is 5.69 Å². The van der Waals surface area contributed by atoms with E-state index in [1.165, 1.54) is 6.20 Å². The van der Waals surface area contributed by atoms with Gasteiger partial charge in [0.2, 0.25) is 17.7 Å². The first-order valence-electron chi connectivity index (χ1n) is 8.61. The number of aromatic nitrogens is 1. The molecule has 27 heavy (non-hydrogen) atoms. The average molecular weight is 408 g/mol. The van der Waals surface area contributed by atoms with Gasteiger partial charge in [-0.1, -0.05) is 23.2 Å². The maximum Gasteiger partial charge on any atom is 0.248 e. The Morgan fingerprint density at radius 1 is 1.11 bits per heavy atom. The molecule has 3 N–H and O–H groups in total. The Bertz CT molecular complexity index is 835. The lowest BCUT2D eigenvalue weighted by atomic mass is 9.86. The summed E-state index contributed by atoms with van der Waals surface area (Å²) >= 11 is 11.9. The highest BCUT2D eigenvalue weighted by atomic mass is 35.5. The van der Waals surface area contributed by atoms with Gasteiger partial charge in [0.25, 0.3) is 0 Å². The summed E-state index contributed by atoms with van der Waals surface area (Å²) in [5.74, 6) is -0.262. The normalized spacial score (nSPS) is 19.3. The van der Waals surface area contributed by atoms with Gasteiger partial charge in [-0.15, -0.1) is 0 Å². The molecule has 0 radical (unpaired) electrons. The van der Waals surface area contributed by atoms with Gasteiger partial charge in [-0.3, -0.25) is 9.59 Å². The summed E-state index contributed by atoms with van der Waals surface area (Å²) in [5, 5.41) is 3.71. The van der Waals surface area contributed by atoms with Gasteiger partial charge in [0.05, 0.1) is 5.02 Å². The largest absolute Gasteiger partial charge is 0.473 e. The van der Waals surface area contributed by atoms with Crippen LogP contribution in [0.2, 0.25) is 10.0 Å². The minimum absolute atomic E-state index is 0.0323. The van der Waals surface area contributed by atoms with Gasteiger partial charge in [0.1, 0.15) is 11.1 Å². The topological polar surface area (TPSA) is 94.3 Å². The number of nitrogens with two attached hydrogens (primary N) is 1. The van der Waals surface area contributed by atoms with Crippen molar-refractivity contribution in [1.29, 1.82) is 0 Å². The Kier molecular flexibility index (Phi) is 6.19. The van der Waals surface area contributed by atoms with Crippen LogP contribution in [0.1, 0.15) is 36.0 Å². The van der Waals surface area contributed by atoms with Crippen molar-refractivity contribution in [2.24, 2.45) is 11.7 Å². The molecule has 0 bridgehead atoms. The highest BCUT2D eigenvalue weighted by Crippen LogP contribution is 2.31. The van der Waals surface area contributed by atoms with Crippen molar-refractivity contribution in [1.82, 2.24) is 4.98 Å². The Morgan fingerprint density at radius 3 is 2.37 bits per heavy atom. The number of benzene rings is 1. The number of halogens is 2. The molecule has 2 aromatic rings. The van der Waals surface area contributed by atoms with Crippen LogP contribution in [0.25, 0.3) is 0 Å². The number of nitrogens with one attached hydrogen (secondary N) is 1. The first-order chi connectivity index (χ1) is 12.9. The lowest BCUT2D eigenvalue weighted by Crippen LogP contribution is -2.31. The number of hydrogen-bond donors (Lipinski definition) is 2. The van der Waals surface area contributed by atoms with E-state index in [9.17, 15) is 9.59 Å². The summed E-state index contributed by atoms with van der Waals surface area (Å²) in [6.07, 6.45) is 4.35. The third kappa shape index (κ3) is 5.11. The molecule has 0 unspecified atom stereocenters. The Morgan fingerprint density at radius 2 is 1.78 bits per heavy atom. The van der Waals surface area contributed by atoms with Gasteiger partial charge in [-0.25, -0.2) is 4.98 Å². The van der Waals surface area contributed by atoms with Crippen molar-refractivity contribution < 1.29 is 14.3 Å². The third-order valence-electron chi connectivity index (χ3n) is 4.53. The molecule has 1 aliphatic rings. The summed E-state index contributed by atoms with van der Waals surface area (Å²) in [7, 11) is 0. The number of hydrogen-bond acceptors (Lipinski definition) is 4. The highest BCUT2D eigenvalue weighted by Gasteiger charge is 2.28. The standard InChI is InChI=1S/C19H19Cl2N3O3/c20-13-9-16(21)19(23-10-13)27-15-7-3-12(4-8-15)18(26)24-14-5-1-11(2-6-14)17(22)25/h1-2,5-6,9-10,12,15H,3-4,7-8H2,(H2,22,25)(H,24,26). The molecule has 0 atom stereocenters. The molecule has 2 amide bonds. The molecule has 1 heterocycles. The monoisotopic (exact) mass is 407 g/mol. The van der Waals surface area contributed by atoms with Crippen LogP contribution < -0.4 is 15.8 Å². The molecule has 0 aliphatic heterocycles. The first-order valence-corrected chi connectivity index (χ1v) is 9.36. The van der Waals surface area contributed by atoms with Crippen LogP contribution in [-0.2, 0) is 4.79 Å². The summed E-state index contributed by atoms with van der Waals surface area (Å²) < 4.78 is 5.85. The molecule has 1 aliphatic carbocycles. The minimum Gasteiger partial charge on any atom is -0.473 e.